The number of halogens is 6. The van der Waals surface area contributed by atoms with Gasteiger partial charge in [-0.25, -0.2) is 18.7 Å². The number of nitrogens with two attached hydrogens (primary N) is 1. The molecule has 0 radical (unpaired) electrons. The van der Waals surface area contributed by atoms with Gasteiger partial charge in [0.2, 0.25) is 17.1 Å². The highest BCUT2D eigenvalue weighted by Crippen LogP contribution is 2.33. The standard InChI is InChI=1S/C17H11ClF5N7O/c1-31-12-4-11(17(21,22)23)28-30(12)13-8(19)2-7(3-9(13)20)6-29-14-10(26-16(29)24)5-25-15(18)27-14/h2-5H,6H2,1H3,(H2,24,26). The van der Waals surface area contributed by atoms with E-state index in [1.165, 1.54) is 10.8 Å². The predicted molar refractivity (Wildman–Crippen MR) is 98.9 cm³/mol. The number of imidazole rings is 1. The molecule has 0 saturated carbocycles. The first-order chi connectivity index (χ1) is 14.6. The molecule has 3 heterocycles. The predicted octanol–water partition coefficient (Wildman–Crippen LogP) is 3.60. The van der Waals surface area contributed by atoms with Crippen LogP contribution < -0.4 is 10.5 Å². The number of aromatic nitrogens is 6. The molecule has 0 aliphatic rings. The van der Waals surface area contributed by atoms with Crippen molar-refractivity contribution in [1.29, 1.82) is 0 Å². The Morgan fingerprint density at radius 1 is 1.13 bits per heavy atom. The monoisotopic (exact) mass is 459 g/mol. The molecule has 0 aliphatic carbocycles. The number of benzene rings is 1. The summed E-state index contributed by atoms with van der Waals surface area (Å²) in [6.45, 7) is -0.145. The number of nitrogen functional groups attached to an aromatic ring is 1. The van der Waals surface area contributed by atoms with Gasteiger partial charge in [-0.2, -0.15) is 27.9 Å². The van der Waals surface area contributed by atoms with Crippen molar-refractivity contribution in [3.63, 3.8) is 0 Å². The molecule has 3 aromatic heterocycles. The molecule has 2 N–H and O–H groups in total. The fourth-order valence-corrected chi connectivity index (χ4v) is 3.10. The van der Waals surface area contributed by atoms with Gasteiger partial charge in [0.1, 0.15) is 11.2 Å². The van der Waals surface area contributed by atoms with Gasteiger partial charge >= 0.3 is 6.18 Å². The molecule has 0 fully saturated rings. The number of hydrogen-bond donors (Lipinski definition) is 1. The maximum absolute atomic E-state index is 14.8. The lowest BCUT2D eigenvalue weighted by Crippen LogP contribution is -2.11. The van der Waals surface area contributed by atoms with Crippen LogP contribution in [0, 0.1) is 11.6 Å². The van der Waals surface area contributed by atoms with E-state index in [9.17, 15) is 22.0 Å². The summed E-state index contributed by atoms with van der Waals surface area (Å²) in [5.74, 6) is -2.82. The maximum atomic E-state index is 14.8. The number of methoxy groups -OCH3 is 1. The van der Waals surface area contributed by atoms with Gasteiger partial charge in [0.25, 0.3) is 0 Å². The average molecular weight is 460 g/mol. The van der Waals surface area contributed by atoms with Gasteiger partial charge in [0, 0.05) is 6.07 Å². The lowest BCUT2D eigenvalue weighted by molar-refractivity contribution is -0.141. The Morgan fingerprint density at radius 2 is 1.81 bits per heavy atom. The van der Waals surface area contributed by atoms with Crippen molar-refractivity contribution >= 4 is 28.7 Å². The third-order valence-electron chi connectivity index (χ3n) is 4.29. The summed E-state index contributed by atoms with van der Waals surface area (Å²) < 4.78 is 75.0. The molecule has 162 valence electrons. The molecule has 0 atom stereocenters. The second kappa shape index (κ2) is 7.34. The Hall–Kier alpha value is -3.48. The molecule has 0 aliphatic heterocycles. The number of nitrogens with zero attached hydrogens (tertiary/aromatic N) is 6. The van der Waals surface area contributed by atoms with Crippen molar-refractivity contribution in [3.8, 4) is 11.6 Å². The average Bonchev–Trinajstić information content (AvgIpc) is 3.23. The van der Waals surface area contributed by atoms with Crippen molar-refractivity contribution in [3.05, 3.63) is 52.6 Å². The Morgan fingerprint density at radius 3 is 2.42 bits per heavy atom. The highest BCUT2D eigenvalue weighted by molar-refractivity contribution is 6.28. The van der Waals surface area contributed by atoms with Crippen molar-refractivity contribution in [2.75, 3.05) is 12.8 Å². The first-order valence-corrected chi connectivity index (χ1v) is 8.80. The van der Waals surface area contributed by atoms with E-state index in [4.69, 9.17) is 22.1 Å². The molecular weight excluding hydrogens is 449 g/mol. The molecule has 4 aromatic rings. The summed E-state index contributed by atoms with van der Waals surface area (Å²) in [4.78, 5) is 11.8. The van der Waals surface area contributed by atoms with Crippen LogP contribution in [0.4, 0.5) is 27.9 Å². The zero-order valence-electron chi connectivity index (χ0n) is 15.5. The molecule has 4 rings (SSSR count). The Bertz CT molecular complexity index is 1280. The van der Waals surface area contributed by atoms with E-state index < -0.39 is 35.1 Å². The Labute approximate surface area is 175 Å². The minimum Gasteiger partial charge on any atom is -0.481 e. The molecule has 1 aromatic carbocycles. The number of anilines is 1. The van der Waals surface area contributed by atoms with Crippen molar-refractivity contribution in [1.82, 2.24) is 29.3 Å². The zero-order chi connectivity index (χ0) is 22.5. The topological polar surface area (TPSA) is 96.7 Å². The van der Waals surface area contributed by atoms with Crippen LogP contribution in [0.2, 0.25) is 5.28 Å². The summed E-state index contributed by atoms with van der Waals surface area (Å²) in [6, 6.07) is 2.40. The molecule has 0 unspecified atom stereocenters. The summed E-state index contributed by atoms with van der Waals surface area (Å²) in [6.07, 6.45) is -3.49. The highest BCUT2D eigenvalue weighted by atomic mass is 35.5. The van der Waals surface area contributed by atoms with Gasteiger partial charge in [-0.3, -0.25) is 4.57 Å². The van der Waals surface area contributed by atoms with Gasteiger partial charge < -0.3 is 10.5 Å². The number of fused-ring (bicyclic) bond motifs is 1. The normalized spacial score (nSPS) is 12.0. The van der Waals surface area contributed by atoms with E-state index in [0.29, 0.717) is 16.3 Å². The fourth-order valence-electron chi connectivity index (χ4n) is 2.97. The molecular formula is C17H11ClF5N7O. The molecule has 0 saturated heterocycles. The fraction of sp³-hybridized carbons (Fsp3) is 0.176. The molecule has 0 amide bonds. The summed E-state index contributed by atoms with van der Waals surface area (Å²) in [7, 11) is 1.05. The minimum atomic E-state index is -4.82. The molecule has 31 heavy (non-hydrogen) atoms. The number of ether oxygens (including phenoxy) is 1. The lowest BCUT2D eigenvalue weighted by atomic mass is 10.2. The van der Waals surface area contributed by atoms with Crippen LogP contribution in [0.15, 0.2) is 24.4 Å². The number of hydrogen-bond acceptors (Lipinski definition) is 6. The van der Waals surface area contributed by atoms with Gasteiger partial charge in [-0.1, -0.05) is 0 Å². The van der Waals surface area contributed by atoms with Crippen LogP contribution in [0.1, 0.15) is 11.3 Å². The first kappa shape index (κ1) is 20.8. The SMILES string of the molecule is COc1cc(C(F)(F)F)nn1-c1c(F)cc(Cn2c(N)nc3cnc(Cl)nc32)cc1F. The second-order valence-electron chi connectivity index (χ2n) is 6.29. The zero-order valence-corrected chi connectivity index (χ0v) is 16.2. The van der Waals surface area contributed by atoms with Crippen LogP contribution in [0.3, 0.4) is 0 Å². The van der Waals surface area contributed by atoms with Gasteiger partial charge in [-0.05, 0) is 29.3 Å². The van der Waals surface area contributed by atoms with Crippen LogP contribution in [0.5, 0.6) is 5.88 Å². The van der Waals surface area contributed by atoms with E-state index in [0.717, 1.165) is 19.2 Å². The van der Waals surface area contributed by atoms with E-state index in [1.54, 1.807) is 0 Å². The van der Waals surface area contributed by atoms with Gasteiger partial charge in [-0.15, -0.1) is 0 Å². The van der Waals surface area contributed by atoms with Crippen LogP contribution in [0.25, 0.3) is 16.9 Å². The quantitative estimate of drug-likeness (QED) is 0.370. The lowest BCUT2D eigenvalue weighted by Gasteiger charge is -2.12. The smallest absolute Gasteiger partial charge is 0.435 e. The Balaban J connectivity index is 1.77. The van der Waals surface area contributed by atoms with E-state index in [1.807, 2.05) is 0 Å². The summed E-state index contributed by atoms with van der Waals surface area (Å²) >= 11 is 5.78. The molecule has 14 heteroatoms. The number of alkyl halides is 3. The van der Waals surface area contributed by atoms with Gasteiger partial charge in [0.15, 0.2) is 23.0 Å². The van der Waals surface area contributed by atoms with E-state index >= 15 is 0 Å². The van der Waals surface area contributed by atoms with Crippen LogP contribution in [-0.4, -0.2) is 36.4 Å². The number of rotatable bonds is 4. The minimum absolute atomic E-state index is 0.0000222. The molecule has 8 nitrogen and oxygen atoms in total. The van der Waals surface area contributed by atoms with Crippen molar-refractivity contribution in [2.24, 2.45) is 0 Å². The van der Waals surface area contributed by atoms with Crippen molar-refractivity contribution < 1.29 is 26.7 Å². The van der Waals surface area contributed by atoms with E-state index in [2.05, 4.69) is 20.1 Å². The maximum Gasteiger partial charge on any atom is 0.435 e. The van der Waals surface area contributed by atoms with Crippen LogP contribution >= 0.6 is 11.6 Å². The summed E-state index contributed by atoms with van der Waals surface area (Å²) in [5.41, 5.74) is 4.32. The molecule has 0 bridgehead atoms. The third-order valence-corrected chi connectivity index (χ3v) is 4.48. The van der Waals surface area contributed by atoms with Crippen molar-refractivity contribution in [2.45, 2.75) is 12.7 Å². The first-order valence-electron chi connectivity index (χ1n) is 8.42. The largest absolute Gasteiger partial charge is 0.481 e. The van der Waals surface area contributed by atoms with Gasteiger partial charge in [0.05, 0.1) is 19.9 Å². The highest BCUT2D eigenvalue weighted by Gasteiger charge is 2.36. The second-order valence-corrected chi connectivity index (χ2v) is 6.63. The third kappa shape index (κ3) is 3.71. The van der Waals surface area contributed by atoms with Crippen LogP contribution in [-0.2, 0) is 12.7 Å². The van der Waals surface area contributed by atoms with E-state index in [-0.39, 0.29) is 29.0 Å². The Kier molecular flexibility index (Phi) is 4.92. The summed E-state index contributed by atoms with van der Waals surface area (Å²) in [5, 5.41) is 3.16. The molecule has 0 spiro atoms.